The summed E-state index contributed by atoms with van der Waals surface area (Å²) in [5.41, 5.74) is 2.95. The van der Waals surface area contributed by atoms with E-state index < -0.39 is 0 Å². The SMILES string of the molecule is Fc1ccc(-n2cccn2)c(CN[C@H]2COc3ccccc3C2)c1. The maximum absolute atomic E-state index is 13.7. The number of ether oxygens (including phenoxy) is 1. The van der Waals surface area contributed by atoms with Crippen molar-refractivity contribution >= 4 is 0 Å². The van der Waals surface area contributed by atoms with Crippen molar-refractivity contribution in [3.8, 4) is 11.4 Å². The largest absolute Gasteiger partial charge is 0.492 e. The van der Waals surface area contributed by atoms with Crippen molar-refractivity contribution in [3.05, 3.63) is 77.9 Å². The Kier molecular flexibility index (Phi) is 4.01. The van der Waals surface area contributed by atoms with Crippen LogP contribution in [0.25, 0.3) is 5.69 Å². The third-order valence-corrected chi connectivity index (χ3v) is 4.25. The molecule has 1 aromatic heterocycles. The van der Waals surface area contributed by atoms with Crippen LogP contribution in [0.5, 0.6) is 5.75 Å². The zero-order valence-electron chi connectivity index (χ0n) is 13.2. The van der Waals surface area contributed by atoms with Crippen LogP contribution < -0.4 is 10.1 Å². The Hall–Kier alpha value is -2.66. The van der Waals surface area contributed by atoms with Gasteiger partial charge in [-0.05, 0) is 47.9 Å². The number of halogens is 1. The highest BCUT2D eigenvalue weighted by Crippen LogP contribution is 2.24. The van der Waals surface area contributed by atoms with Crippen molar-refractivity contribution in [2.75, 3.05) is 6.61 Å². The zero-order valence-corrected chi connectivity index (χ0v) is 13.2. The molecule has 0 fully saturated rings. The summed E-state index contributed by atoms with van der Waals surface area (Å²) in [6.07, 6.45) is 4.48. The van der Waals surface area contributed by atoms with Crippen LogP contribution in [-0.2, 0) is 13.0 Å². The van der Waals surface area contributed by atoms with E-state index in [2.05, 4.69) is 16.5 Å². The van der Waals surface area contributed by atoms with E-state index in [0.717, 1.165) is 23.4 Å². The van der Waals surface area contributed by atoms with Crippen LogP contribution in [0.15, 0.2) is 60.9 Å². The van der Waals surface area contributed by atoms with Crippen LogP contribution >= 0.6 is 0 Å². The quantitative estimate of drug-likeness (QED) is 0.802. The Labute approximate surface area is 139 Å². The average molecular weight is 323 g/mol. The van der Waals surface area contributed by atoms with E-state index in [9.17, 15) is 4.39 Å². The van der Waals surface area contributed by atoms with Gasteiger partial charge >= 0.3 is 0 Å². The van der Waals surface area contributed by atoms with E-state index in [4.69, 9.17) is 4.74 Å². The molecule has 0 amide bonds. The van der Waals surface area contributed by atoms with Crippen molar-refractivity contribution in [1.82, 2.24) is 15.1 Å². The van der Waals surface area contributed by atoms with Crippen LogP contribution in [0.2, 0.25) is 0 Å². The normalized spacial score (nSPS) is 16.5. The minimum Gasteiger partial charge on any atom is -0.492 e. The lowest BCUT2D eigenvalue weighted by Crippen LogP contribution is -2.39. The minimum atomic E-state index is -0.243. The standard InChI is InChI=1S/C19H18FN3O/c20-16-6-7-18(23-9-3-8-22-23)15(10-16)12-21-17-11-14-4-1-2-5-19(14)24-13-17/h1-10,17,21H,11-13H2/t17-/m1/s1. The van der Waals surface area contributed by atoms with Gasteiger partial charge in [0.05, 0.1) is 5.69 Å². The molecular formula is C19H18FN3O. The van der Waals surface area contributed by atoms with Gasteiger partial charge in [-0.15, -0.1) is 0 Å². The van der Waals surface area contributed by atoms with Gasteiger partial charge in [-0.2, -0.15) is 5.10 Å². The lowest BCUT2D eigenvalue weighted by atomic mass is 10.0. The summed E-state index contributed by atoms with van der Waals surface area (Å²) < 4.78 is 21.2. The first kappa shape index (κ1) is 14.9. The second-order valence-corrected chi connectivity index (χ2v) is 5.92. The predicted molar refractivity (Wildman–Crippen MR) is 89.8 cm³/mol. The number of nitrogens with zero attached hydrogens (tertiary/aromatic N) is 2. The van der Waals surface area contributed by atoms with Crippen molar-refractivity contribution in [2.24, 2.45) is 0 Å². The lowest BCUT2D eigenvalue weighted by Gasteiger charge is -2.26. The number of rotatable bonds is 4. The van der Waals surface area contributed by atoms with Crippen LogP contribution in [0, 0.1) is 5.82 Å². The Morgan fingerprint density at radius 3 is 3.00 bits per heavy atom. The molecule has 1 aliphatic rings. The maximum atomic E-state index is 13.7. The summed E-state index contributed by atoms with van der Waals surface area (Å²) in [5.74, 6) is 0.714. The molecule has 3 aromatic rings. The Morgan fingerprint density at radius 1 is 1.21 bits per heavy atom. The van der Waals surface area contributed by atoms with E-state index in [1.165, 1.54) is 11.6 Å². The van der Waals surface area contributed by atoms with E-state index in [1.807, 2.05) is 30.5 Å². The van der Waals surface area contributed by atoms with Crippen LogP contribution in [0.4, 0.5) is 4.39 Å². The van der Waals surface area contributed by atoms with Crippen LogP contribution in [0.3, 0.4) is 0 Å². The van der Waals surface area contributed by atoms with Gasteiger partial charge in [0.1, 0.15) is 18.2 Å². The van der Waals surface area contributed by atoms with Crippen LogP contribution in [-0.4, -0.2) is 22.4 Å². The predicted octanol–water partition coefficient (Wildman–Crippen LogP) is 3.10. The summed E-state index contributed by atoms with van der Waals surface area (Å²) in [6, 6.07) is 14.9. The monoisotopic (exact) mass is 323 g/mol. The molecule has 0 unspecified atom stereocenters. The number of hydrogen-bond donors (Lipinski definition) is 1. The van der Waals surface area contributed by atoms with Gasteiger partial charge in [-0.3, -0.25) is 0 Å². The summed E-state index contributed by atoms with van der Waals surface area (Å²) in [6.45, 7) is 1.17. The van der Waals surface area contributed by atoms with E-state index in [0.29, 0.717) is 13.2 Å². The fourth-order valence-corrected chi connectivity index (χ4v) is 3.04. The molecule has 0 bridgehead atoms. The number of para-hydroxylation sites is 1. The Morgan fingerprint density at radius 2 is 2.12 bits per heavy atom. The highest BCUT2D eigenvalue weighted by atomic mass is 19.1. The lowest BCUT2D eigenvalue weighted by molar-refractivity contribution is 0.238. The number of nitrogens with one attached hydrogen (secondary N) is 1. The molecule has 0 radical (unpaired) electrons. The molecule has 2 heterocycles. The highest BCUT2D eigenvalue weighted by molar-refractivity contribution is 5.41. The Balaban J connectivity index is 1.50. The molecule has 122 valence electrons. The molecule has 2 aromatic carbocycles. The molecule has 1 aliphatic heterocycles. The first-order valence-electron chi connectivity index (χ1n) is 8.02. The molecule has 4 rings (SSSR count). The fourth-order valence-electron chi connectivity index (χ4n) is 3.04. The van der Waals surface area contributed by atoms with Gasteiger partial charge in [0, 0.05) is 25.0 Å². The smallest absolute Gasteiger partial charge is 0.123 e. The molecule has 5 heteroatoms. The van der Waals surface area contributed by atoms with Gasteiger partial charge in [-0.25, -0.2) is 9.07 Å². The number of benzene rings is 2. The summed E-state index contributed by atoms with van der Waals surface area (Å²) in [5, 5.41) is 7.72. The van der Waals surface area contributed by atoms with Crippen molar-refractivity contribution in [1.29, 1.82) is 0 Å². The van der Waals surface area contributed by atoms with Crippen molar-refractivity contribution in [2.45, 2.75) is 19.0 Å². The zero-order chi connectivity index (χ0) is 16.4. The van der Waals surface area contributed by atoms with Gasteiger partial charge in [0.2, 0.25) is 0 Å². The van der Waals surface area contributed by atoms with E-state index >= 15 is 0 Å². The second kappa shape index (κ2) is 6.45. The van der Waals surface area contributed by atoms with Gasteiger partial charge < -0.3 is 10.1 Å². The third-order valence-electron chi connectivity index (χ3n) is 4.25. The van der Waals surface area contributed by atoms with Gasteiger partial charge in [-0.1, -0.05) is 18.2 Å². The molecule has 0 saturated heterocycles. The summed E-state index contributed by atoms with van der Waals surface area (Å²) >= 11 is 0. The highest BCUT2D eigenvalue weighted by Gasteiger charge is 2.19. The van der Waals surface area contributed by atoms with E-state index in [1.54, 1.807) is 23.0 Å². The number of fused-ring (bicyclic) bond motifs is 1. The molecule has 0 aliphatic carbocycles. The number of aromatic nitrogens is 2. The second-order valence-electron chi connectivity index (χ2n) is 5.92. The average Bonchev–Trinajstić information content (AvgIpc) is 3.14. The summed E-state index contributed by atoms with van der Waals surface area (Å²) in [4.78, 5) is 0. The van der Waals surface area contributed by atoms with Gasteiger partial charge in [0.25, 0.3) is 0 Å². The molecule has 0 saturated carbocycles. The molecular weight excluding hydrogens is 305 g/mol. The molecule has 1 atom stereocenters. The molecule has 4 nitrogen and oxygen atoms in total. The summed E-state index contributed by atoms with van der Waals surface area (Å²) in [7, 11) is 0. The topological polar surface area (TPSA) is 39.1 Å². The van der Waals surface area contributed by atoms with E-state index in [-0.39, 0.29) is 11.9 Å². The van der Waals surface area contributed by atoms with Crippen LogP contribution in [0.1, 0.15) is 11.1 Å². The number of hydrogen-bond acceptors (Lipinski definition) is 3. The minimum absolute atomic E-state index is 0.202. The van der Waals surface area contributed by atoms with Gasteiger partial charge in [0.15, 0.2) is 0 Å². The fraction of sp³-hybridized carbons (Fsp3) is 0.211. The maximum Gasteiger partial charge on any atom is 0.123 e. The van der Waals surface area contributed by atoms with Crippen molar-refractivity contribution < 1.29 is 9.13 Å². The molecule has 1 N–H and O–H groups in total. The Bertz CT molecular complexity index is 832. The first-order valence-corrected chi connectivity index (χ1v) is 8.02. The third kappa shape index (κ3) is 3.03. The molecule has 0 spiro atoms. The van der Waals surface area contributed by atoms with Crippen molar-refractivity contribution in [3.63, 3.8) is 0 Å². The molecule has 24 heavy (non-hydrogen) atoms. The first-order chi connectivity index (χ1) is 11.8.